The van der Waals surface area contributed by atoms with Crippen LogP contribution in [-0.4, -0.2) is 52.3 Å². The summed E-state index contributed by atoms with van der Waals surface area (Å²) in [5, 5.41) is 13.0. The highest BCUT2D eigenvalue weighted by atomic mass is 16.4. The lowest BCUT2D eigenvalue weighted by atomic mass is 9.88. The largest absolute Gasteiger partial charge is 0.480 e. The summed E-state index contributed by atoms with van der Waals surface area (Å²) in [4.78, 5) is 31.0. The molecule has 6 heteroatoms. The molecule has 0 saturated carbocycles. The molecule has 0 amide bonds. The first kappa shape index (κ1) is 15.7. The first-order chi connectivity index (χ1) is 10.8. The maximum atomic E-state index is 12.7. The van der Waals surface area contributed by atoms with Crippen molar-refractivity contribution in [2.75, 3.05) is 13.1 Å². The number of carboxylic acids is 1. The number of nitrogens with zero attached hydrogens (tertiary/aromatic N) is 2. The Morgan fingerprint density at radius 1 is 1.39 bits per heavy atom. The van der Waals surface area contributed by atoms with Crippen molar-refractivity contribution in [2.24, 2.45) is 10.9 Å². The number of para-hydroxylation sites is 1. The van der Waals surface area contributed by atoms with Gasteiger partial charge >= 0.3 is 5.97 Å². The van der Waals surface area contributed by atoms with Crippen LogP contribution in [-0.2, 0) is 4.79 Å². The summed E-state index contributed by atoms with van der Waals surface area (Å²) in [5.41, 5.74) is 0.614. The molecule has 1 aromatic carbocycles. The zero-order valence-electron chi connectivity index (χ0n) is 13.5. The average Bonchev–Trinajstić information content (AvgIpc) is 2.49. The van der Waals surface area contributed by atoms with Crippen LogP contribution >= 0.6 is 0 Å². The van der Waals surface area contributed by atoms with Crippen molar-refractivity contribution in [3.63, 3.8) is 0 Å². The van der Waals surface area contributed by atoms with Crippen LogP contribution in [0.3, 0.4) is 0 Å². The molecule has 1 saturated heterocycles. The molecule has 1 aromatic rings. The fourth-order valence-electron chi connectivity index (χ4n) is 3.19. The van der Waals surface area contributed by atoms with Gasteiger partial charge in [-0.2, -0.15) is 0 Å². The number of hydrogen-bond acceptors (Lipinski definition) is 5. The molecule has 2 aliphatic heterocycles. The monoisotopic (exact) mass is 315 g/mol. The summed E-state index contributed by atoms with van der Waals surface area (Å²) in [5.74, 6) is -2.43. The number of ketones is 1. The number of benzene rings is 1. The predicted octanol–water partition coefficient (Wildman–Crippen LogP) is 1.69. The molecule has 122 valence electrons. The molecular formula is C17H21N3O3. The van der Waals surface area contributed by atoms with Crippen molar-refractivity contribution in [2.45, 2.75) is 32.4 Å². The molecule has 2 aliphatic rings. The minimum atomic E-state index is -1.24. The van der Waals surface area contributed by atoms with Crippen LogP contribution in [0.5, 0.6) is 0 Å². The number of Topliss-reactive ketones (excluding diaryl/α,β-unsaturated/α-hetero) is 1. The molecular weight excluding hydrogens is 294 g/mol. The summed E-state index contributed by atoms with van der Waals surface area (Å²) in [6.07, 6.45) is 0. The molecule has 23 heavy (non-hydrogen) atoms. The lowest BCUT2D eigenvalue weighted by Crippen LogP contribution is -2.65. The van der Waals surface area contributed by atoms with Crippen LogP contribution in [0.1, 0.15) is 31.1 Å². The molecule has 3 rings (SSSR count). The van der Waals surface area contributed by atoms with Crippen molar-refractivity contribution < 1.29 is 14.7 Å². The minimum Gasteiger partial charge on any atom is -0.480 e. The quantitative estimate of drug-likeness (QED) is 0.771. The van der Waals surface area contributed by atoms with Crippen molar-refractivity contribution >= 4 is 23.3 Å². The maximum Gasteiger partial charge on any atom is 0.322 e. The van der Waals surface area contributed by atoms with Crippen LogP contribution in [0.2, 0.25) is 0 Å². The molecule has 2 heterocycles. The maximum absolute atomic E-state index is 12.7. The zero-order chi connectivity index (χ0) is 16.8. The summed E-state index contributed by atoms with van der Waals surface area (Å²) in [7, 11) is 0. The zero-order valence-corrected chi connectivity index (χ0v) is 13.5. The normalized spacial score (nSPS) is 26.5. The van der Waals surface area contributed by atoms with Gasteiger partial charge in [-0.25, -0.2) is 4.99 Å². The first-order valence-electron chi connectivity index (χ1n) is 7.77. The van der Waals surface area contributed by atoms with Gasteiger partial charge in [0.15, 0.2) is 11.7 Å². The molecule has 2 N–H and O–H groups in total. The molecule has 6 nitrogen and oxygen atoms in total. The third-order valence-corrected chi connectivity index (χ3v) is 4.52. The van der Waals surface area contributed by atoms with Gasteiger partial charge < -0.3 is 15.3 Å². The standard InChI is InChI=1S/C17H21N3O3/c1-10-8-20(17(2,3)9-18-10)15-13(16(22)23)14(21)11-6-4-5-7-12(11)19-15/h4-7,10,13,18H,8-9H2,1-3H3,(H,22,23). The number of amidine groups is 1. The van der Waals surface area contributed by atoms with E-state index >= 15 is 0 Å². The van der Waals surface area contributed by atoms with Gasteiger partial charge in [0.25, 0.3) is 0 Å². The Bertz CT molecular complexity index is 696. The molecule has 0 spiro atoms. The van der Waals surface area contributed by atoms with Gasteiger partial charge in [-0.05, 0) is 32.9 Å². The highest BCUT2D eigenvalue weighted by Gasteiger charge is 2.44. The van der Waals surface area contributed by atoms with E-state index in [1.807, 2.05) is 25.7 Å². The van der Waals surface area contributed by atoms with E-state index in [0.717, 1.165) is 0 Å². The third kappa shape index (κ3) is 2.63. The Morgan fingerprint density at radius 3 is 2.78 bits per heavy atom. The SMILES string of the molecule is CC1CN(C2=Nc3ccccc3C(=O)C2C(=O)O)C(C)(C)CN1. The van der Waals surface area contributed by atoms with Crippen LogP contribution in [0.4, 0.5) is 5.69 Å². The van der Waals surface area contributed by atoms with E-state index in [1.165, 1.54) is 0 Å². The number of carbonyl (C=O) groups excluding carboxylic acids is 1. The smallest absolute Gasteiger partial charge is 0.322 e. The Morgan fingerprint density at radius 2 is 2.09 bits per heavy atom. The van der Waals surface area contributed by atoms with Crippen LogP contribution < -0.4 is 5.32 Å². The van der Waals surface area contributed by atoms with Gasteiger partial charge in [-0.15, -0.1) is 0 Å². The fourth-order valence-corrected chi connectivity index (χ4v) is 3.19. The van der Waals surface area contributed by atoms with E-state index < -0.39 is 11.9 Å². The van der Waals surface area contributed by atoms with Gasteiger partial charge in [0.2, 0.25) is 0 Å². The number of carbonyl (C=O) groups is 2. The summed E-state index contributed by atoms with van der Waals surface area (Å²) in [6, 6.07) is 7.13. The van der Waals surface area contributed by atoms with E-state index in [0.29, 0.717) is 30.2 Å². The molecule has 0 aliphatic carbocycles. The molecule has 1 fully saturated rings. The van der Waals surface area contributed by atoms with Crippen molar-refractivity contribution in [3.8, 4) is 0 Å². The second-order valence-corrected chi connectivity index (χ2v) is 6.83. The van der Waals surface area contributed by atoms with E-state index in [2.05, 4.69) is 10.3 Å². The third-order valence-electron chi connectivity index (χ3n) is 4.52. The lowest BCUT2D eigenvalue weighted by Gasteiger charge is -2.48. The van der Waals surface area contributed by atoms with Crippen LogP contribution in [0, 0.1) is 5.92 Å². The fraction of sp³-hybridized carbons (Fsp3) is 0.471. The molecule has 2 atom stereocenters. The Hall–Kier alpha value is -2.21. The molecule has 0 aromatic heterocycles. The number of carboxylic acid groups (broad SMARTS) is 1. The average molecular weight is 315 g/mol. The summed E-state index contributed by atoms with van der Waals surface area (Å²) >= 11 is 0. The van der Waals surface area contributed by atoms with Gasteiger partial charge in [0.05, 0.1) is 5.69 Å². The predicted molar refractivity (Wildman–Crippen MR) is 87.2 cm³/mol. The number of nitrogens with one attached hydrogen (secondary N) is 1. The van der Waals surface area contributed by atoms with E-state index in [1.54, 1.807) is 24.3 Å². The topological polar surface area (TPSA) is 82.0 Å². The van der Waals surface area contributed by atoms with Gasteiger partial charge in [0.1, 0.15) is 5.84 Å². The lowest BCUT2D eigenvalue weighted by molar-refractivity contribution is -0.138. The van der Waals surface area contributed by atoms with Crippen LogP contribution in [0.25, 0.3) is 0 Å². The number of fused-ring (bicyclic) bond motifs is 1. The first-order valence-corrected chi connectivity index (χ1v) is 7.77. The number of hydrogen-bond donors (Lipinski definition) is 2. The minimum absolute atomic E-state index is 0.201. The van der Waals surface area contributed by atoms with Gasteiger partial charge in [0, 0.05) is 30.2 Å². The highest BCUT2D eigenvalue weighted by Crippen LogP contribution is 2.33. The second-order valence-electron chi connectivity index (χ2n) is 6.83. The number of aliphatic imine (C=N–C) groups is 1. The molecule has 2 unspecified atom stereocenters. The van der Waals surface area contributed by atoms with E-state index in [-0.39, 0.29) is 17.4 Å². The van der Waals surface area contributed by atoms with E-state index in [9.17, 15) is 14.7 Å². The highest BCUT2D eigenvalue weighted by molar-refractivity contribution is 6.26. The van der Waals surface area contributed by atoms with Crippen molar-refractivity contribution in [3.05, 3.63) is 29.8 Å². The number of piperazine rings is 1. The van der Waals surface area contributed by atoms with Crippen molar-refractivity contribution in [1.29, 1.82) is 0 Å². The van der Waals surface area contributed by atoms with Crippen LogP contribution in [0.15, 0.2) is 29.3 Å². The molecule has 0 bridgehead atoms. The Balaban J connectivity index is 2.13. The number of rotatable bonds is 1. The second kappa shape index (κ2) is 5.45. The summed E-state index contributed by atoms with van der Waals surface area (Å²) in [6.45, 7) is 7.41. The van der Waals surface area contributed by atoms with E-state index in [4.69, 9.17) is 0 Å². The Kier molecular flexibility index (Phi) is 3.72. The van der Waals surface area contributed by atoms with Gasteiger partial charge in [-0.1, -0.05) is 12.1 Å². The number of aliphatic carboxylic acids is 1. The Labute approximate surface area is 135 Å². The van der Waals surface area contributed by atoms with Gasteiger partial charge in [-0.3, -0.25) is 9.59 Å². The van der Waals surface area contributed by atoms with Crippen molar-refractivity contribution in [1.82, 2.24) is 10.2 Å². The molecule has 0 radical (unpaired) electrons. The summed E-state index contributed by atoms with van der Waals surface area (Å²) < 4.78 is 0.